The van der Waals surface area contributed by atoms with Gasteiger partial charge < -0.3 is 19.5 Å². The van der Waals surface area contributed by atoms with Gasteiger partial charge in [0.15, 0.2) is 0 Å². The molecule has 32 heavy (non-hydrogen) atoms. The highest BCUT2D eigenvalue weighted by atomic mass is 35.5. The third-order valence-corrected chi connectivity index (χ3v) is 5.72. The Bertz CT molecular complexity index is 1220. The zero-order valence-electron chi connectivity index (χ0n) is 18.1. The summed E-state index contributed by atoms with van der Waals surface area (Å²) in [7, 11) is 1.46. The summed E-state index contributed by atoms with van der Waals surface area (Å²) in [5.41, 5.74) is 0.215. The van der Waals surface area contributed by atoms with Crippen molar-refractivity contribution in [3.05, 3.63) is 74.3 Å². The van der Waals surface area contributed by atoms with Gasteiger partial charge in [0.25, 0.3) is 0 Å². The molecule has 1 heterocycles. The molecule has 0 unspecified atom stereocenters. The molecule has 0 saturated carbocycles. The Balaban J connectivity index is 2.29. The van der Waals surface area contributed by atoms with E-state index in [1.54, 1.807) is 22.8 Å². The molecule has 0 radical (unpaired) electrons. The molecular weight excluding hydrogens is 437 g/mol. The number of aromatic nitrogens is 1. The van der Waals surface area contributed by atoms with E-state index in [4.69, 9.17) is 16.3 Å². The highest BCUT2D eigenvalue weighted by Gasteiger charge is 2.22. The van der Waals surface area contributed by atoms with Crippen LogP contribution < -0.4 is 10.2 Å². The molecule has 0 saturated heterocycles. The molecule has 0 aliphatic carbocycles. The molecule has 2 aromatic carbocycles. The number of aliphatic hydroxyl groups is 1. The number of hydrogen-bond donors (Lipinski definition) is 2. The number of benzene rings is 2. The molecule has 8 heteroatoms. The van der Waals surface area contributed by atoms with Crippen LogP contribution in [0.1, 0.15) is 47.8 Å². The van der Waals surface area contributed by atoms with Crippen LogP contribution >= 0.6 is 11.6 Å². The SMILES string of the molecule is COc1cc2c(cc1Cc1cccc(Cl)c1F)c(=O)c(C(=O)O)cn2[C@H](CO)CC(C)C. The molecule has 0 aliphatic heterocycles. The van der Waals surface area contributed by atoms with Crippen LogP contribution in [0.25, 0.3) is 10.9 Å². The summed E-state index contributed by atoms with van der Waals surface area (Å²) in [4.78, 5) is 24.8. The third-order valence-electron chi connectivity index (χ3n) is 5.42. The number of halogens is 2. The van der Waals surface area contributed by atoms with Crippen LogP contribution in [0.2, 0.25) is 5.02 Å². The average Bonchev–Trinajstić information content (AvgIpc) is 2.75. The number of fused-ring (bicyclic) bond motifs is 1. The van der Waals surface area contributed by atoms with Gasteiger partial charge in [0.1, 0.15) is 17.1 Å². The van der Waals surface area contributed by atoms with Gasteiger partial charge in [-0.1, -0.05) is 37.6 Å². The van der Waals surface area contributed by atoms with Crippen molar-refractivity contribution in [1.29, 1.82) is 0 Å². The van der Waals surface area contributed by atoms with E-state index in [-0.39, 0.29) is 29.4 Å². The number of ether oxygens (including phenoxy) is 1. The Morgan fingerprint density at radius 2 is 1.97 bits per heavy atom. The van der Waals surface area contributed by atoms with Gasteiger partial charge in [0.05, 0.1) is 30.3 Å². The summed E-state index contributed by atoms with van der Waals surface area (Å²) in [6.07, 6.45) is 1.94. The van der Waals surface area contributed by atoms with Crippen molar-refractivity contribution in [1.82, 2.24) is 4.57 Å². The zero-order valence-corrected chi connectivity index (χ0v) is 18.8. The molecule has 0 fully saturated rings. The lowest BCUT2D eigenvalue weighted by Crippen LogP contribution is -2.24. The van der Waals surface area contributed by atoms with Gasteiger partial charge in [-0.2, -0.15) is 0 Å². The molecule has 0 bridgehead atoms. The molecule has 0 spiro atoms. The molecule has 1 atom stereocenters. The molecule has 6 nitrogen and oxygen atoms in total. The number of pyridine rings is 1. The van der Waals surface area contributed by atoms with Gasteiger partial charge in [-0.3, -0.25) is 4.79 Å². The summed E-state index contributed by atoms with van der Waals surface area (Å²) in [6, 6.07) is 7.38. The van der Waals surface area contributed by atoms with E-state index in [0.717, 1.165) is 0 Å². The Morgan fingerprint density at radius 1 is 1.25 bits per heavy atom. The van der Waals surface area contributed by atoms with Crippen LogP contribution in [0, 0.1) is 11.7 Å². The van der Waals surface area contributed by atoms with Crippen molar-refractivity contribution in [2.24, 2.45) is 5.92 Å². The van der Waals surface area contributed by atoms with Crippen LogP contribution in [-0.2, 0) is 6.42 Å². The second kappa shape index (κ2) is 9.71. The number of carboxylic acid groups (broad SMARTS) is 1. The topological polar surface area (TPSA) is 88.8 Å². The van der Waals surface area contributed by atoms with Crippen LogP contribution in [0.3, 0.4) is 0 Å². The Kier molecular flexibility index (Phi) is 7.21. The Hall–Kier alpha value is -2.90. The number of methoxy groups -OCH3 is 1. The maximum Gasteiger partial charge on any atom is 0.341 e. The maximum atomic E-state index is 14.5. The first-order chi connectivity index (χ1) is 15.2. The monoisotopic (exact) mass is 461 g/mol. The van der Waals surface area contributed by atoms with Crippen molar-refractivity contribution in [2.45, 2.75) is 32.7 Å². The van der Waals surface area contributed by atoms with Crippen molar-refractivity contribution in [3.8, 4) is 5.75 Å². The molecule has 3 rings (SSSR count). The zero-order chi connectivity index (χ0) is 23.6. The Morgan fingerprint density at radius 3 is 2.56 bits per heavy atom. The van der Waals surface area contributed by atoms with Crippen LogP contribution in [0.5, 0.6) is 5.75 Å². The van der Waals surface area contributed by atoms with Crippen LogP contribution in [0.4, 0.5) is 4.39 Å². The van der Waals surface area contributed by atoms with E-state index in [0.29, 0.717) is 28.8 Å². The predicted molar refractivity (Wildman–Crippen MR) is 122 cm³/mol. The minimum atomic E-state index is -1.36. The number of aliphatic hydroxyl groups excluding tert-OH is 1. The standard InChI is InChI=1S/C24H25ClFNO5/c1-13(2)7-16(12-28)27-11-18(24(30)31)23(29)17-9-15(21(32-3)10-20(17)27)8-14-5-4-6-19(25)22(14)26/h4-6,9-11,13,16,28H,7-8,12H2,1-3H3,(H,30,31)/t16-/m0/s1. The highest BCUT2D eigenvalue weighted by Crippen LogP contribution is 2.31. The fourth-order valence-corrected chi connectivity index (χ4v) is 4.11. The van der Waals surface area contributed by atoms with Crippen molar-refractivity contribution < 1.29 is 24.1 Å². The smallest absolute Gasteiger partial charge is 0.341 e. The van der Waals surface area contributed by atoms with Gasteiger partial charge in [-0.15, -0.1) is 0 Å². The second-order valence-electron chi connectivity index (χ2n) is 8.12. The fraction of sp³-hybridized carbons (Fsp3) is 0.333. The van der Waals surface area contributed by atoms with Crippen molar-refractivity contribution in [2.75, 3.05) is 13.7 Å². The van der Waals surface area contributed by atoms with Crippen LogP contribution in [0.15, 0.2) is 41.3 Å². The van der Waals surface area contributed by atoms with Crippen molar-refractivity contribution >= 4 is 28.5 Å². The van der Waals surface area contributed by atoms with E-state index in [2.05, 4.69) is 0 Å². The van der Waals surface area contributed by atoms with E-state index < -0.39 is 28.8 Å². The van der Waals surface area contributed by atoms with Gasteiger partial charge >= 0.3 is 5.97 Å². The second-order valence-corrected chi connectivity index (χ2v) is 8.53. The lowest BCUT2D eigenvalue weighted by molar-refractivity contribution is 0.0694. The summed E-state index contributed by atoms with van der Waals surface area (Å²) >= 11 is 5.89. The maximum absolute atomic E-state index is 14.5. The largest absolute Gasteiger partial charge is 0.496 e. The lowest BCUT2D eigenvalue weighted by Gasteiger charge is -2.24. The highest BCUT2D eigenvalue weighted by molar-refractivity contribution is 6.30. The lowest BCUT2D eigenvalue weighted by atomic mass is 9.98. The van der Waals surface area contributed by atoms with E-state index in [9.17, 15) is 24.2 Å². The summed E-state index contributed by atoms with van der Waals surface area (Å²) in [5, 5.41) is 19.7. The molecule has 3 aromatic rings. The van der Waals surface area contributed by atoms with Gasteiger partial charge in [0.2, 0.25) is 5.43 Å². The molecule has 170 valence electrons. The first-order valence-corrected chi connectivity index (χ1v) is 10.6. The average molecular weight is 462 g/mol. The quantitative estimate of drug-likeness (QED) is 0.509. The van der Waals surface area contributed by atoms with Gasteiger partial charge in [-0.25, -0.2) is 9.18 Å². The predicted octanol–water partition coefficient (Wildman–Crippen LogP) is 4.67. The minimum absolute atomic E-state index is 0.0164. The van der Waals surface area contributed by atoms with E-state index in [1.807, 2.05) is 13.8 Å². The van der Waals surface area contributed by atoms with Crippen LogP contribution in [-0.4, -0.2) is 34.5 Å². The Labute approximate surface area is 189 Å². The first kappa shape index (κ1) is 23.8. The normalized spacial score (nSPS) is 12.3. The number of rotatable bonds is 8. The third kappa shape index (κ3) is 4.64. The van der Waals surface area contributed by atoms with Gasteiger partial charge in [0, 0.05) is 24.1 Å². The number of carboxylic acids is 1. The van der Waals surface area contributed by atoms with Crippen molar-refractivity contribution in [3.63, 3.8) is 0 Å². The summed E-state index contributed by atoms with van der Waals surface area (Å²) < 4.78 is 21.6. The molecule has 2 N–H and O–H groups in total. The fourth-order valence-electron chi connectivity index (χ4n) is 3.91. The van der Waals surface area contributed by atoms with E-state index in [1.165, 1.54) is 25.4 Å². The van der Waals surface area contributed by atoms with Gasteiger partial charge in [-0.05, 0) is 35.6 Å². The molecule has 0 amide bonds. The summed E-state index contributed by atoms with van der Waals surface area (Å²) in [6.45, 7) is 3.75. The van der Waals surface area contributed by atoms with E-state index >= 15 is 0 Å². The minimum Gasteiger partial charge on any atom is -0.496 e. The number of nitrogens with zero attached hydrogens (tertiary/aromatic N) is 1. The first-order valence-electron chi connectivity index (χ1n) is 10.2. The number of aromatic carboxylic acids is 1. The molecule has 1 aromatic heterocycles. The summed E-state index contributed by atoms with van der Waals surface area (Å²) in [5.74, 6) is -1.29. The number of hydrogen-bond acceptors (Lipinski definition) is 4. The number of carbonyl (C=O) groups is 1. The molecule has 0 aliphatic rings. The molecular formula is C24H25ClFNO5.